The van der Waals surface area contributed by atoms with Gasteiger partial charge in [0.15, 0.2) is 0 Å². The molecule has 6 heteroatoms. The fourth-order valence-corrected chi connectivity index (χ4v) is 1.45. The van der Waals surface area contributed by atoms with Gasteiger partial charge < -0.3 is 0 Å². The van der Waals surface area contributed by atoms with E-state index in [1.165, 1.54) is 18.7 Å². The maximum absolute atomic E-state index is 12.4. The van der Waals surface area contributed by atoms with E-state index in [9.17, 15) is 13.2 Å². The first-order valence-corrected chi connectivity index (χ1v) is 4.51. The van der Waals surface area contributed by atoms with Gasteiger partial charge >= 0.3 is 6.18 Å². The quantitative estimate of drug-likeness (QED) is 0.749. The Kier molecular flexibility index (Phi) is 2.41. The zero-order valence-electron chi connectivity index (χ0n) is 8.36. The first-order chi connectivity index (χ1) is 7.48. The van der Waals surface area contributed by atoms with Crippen molar-refractivity contribution in [2.24, 2.45) is 0 Å². The van der Waals surface area contributed by atoms with E-state index < -0.39 is 11.7 Å². The molecule has 0 amide bonds. The van der Waals surface area contributed by atoms with Gasteiger partial charge in [-0.3, -0.25) is 4.57 Å². The third-order valence-corrected chi connectivity index (χ3v) is 2.22. The lowest BCUT2D eigenvalue weighted by Gasteiger charge is -2.10. The molecule has 0 radical (unpaired) electrons. The summed E-state index contributed by atoms with van der Waals surface area (Å²) in [6, 6.07) is 3.55. The molecule has 0 N–H and O–H groups in total. The highest BCUT2D eigenvalue weighted by Gasteiger charge is 2.30. The summed E-state index contributed by atoms with van der Waals surface area (Å²) in [5, 5.41) is 7.20. The highest BCUT2D eigenvalue weighted by atomic mass is 19.4. The van der Waals surface area contributed by atoms with Crippen LogP contribution >= 0.6 is 0 Å². The molecular formula is C10H8F3N3. The smallest absolute Gasteiger partial charge is 0.288 e. The molecule has 2 rings (SSSR count). The Morgan fingerprint density at radius 1 is 1.12 bits per heavy atom. The normalized spacial score (nSPS) is 11.8. The fraction of sp³-hybridized carbons (Fsp3) is 0.200. The van der Waals surface area contributed by atoms with Crippen LogP contribution in [0.25, 0.3) is 5.69 Å². The van der Waals surface area contributed by atoms with Crippen LogP contribution < -0.4 is 0 Å². The third-order valence-electron chi connectivity index (χ3n) is 2.22. The summed E-state index contributed by atoms with van der Waals surface area (Å²) in [7, 11) is 0. The van der Waals surface area contributed by atoms with Gasteiger partial charge in [0.1, 0.15) is 12.7 Å². The highest BCUT2D eigenvalue weighted by Crippen LogP contribution is 2.31. The van der Waals surface area contributed by atoms with Crippen LogP contribution in [0.2, 0.25) is 0 Å². The standard InChI is InChI=1S/C10H8F3N3/c1-7-4-8(10(11,12)13)2-3-9(7)16-5-14-15-6-16/h2-6H,1H3. The Morgan fingerprint density at radius 2 is 1.75 bits per heavy atom. The first kappa shape index (κ1) is 10.7. The molecule has 1 aromatic carbocycles. The van der Waals surface area contributed by atoms with Crippen LogP contribution in [0.4, 0.5) is 13.2 Å². The lowest BCUT2D eigenvalue weighted by molar-refractivity contribution is -0.137. The number of hydrogen-bond donors (Lipinski definition) is 0. The van der Waals surface area contributed by atoms with E-state index in [-0.39, 0.29) is 0 Å². The number of halogens is 3. The molecule has 0 aliphatic rings. The van der Waals surface area contributed by atoms with E-state index in [0.29, 0.717) is 11.3 Å². The molecule has 0 bridgehead atoms. The summed E-state index contributed by atoms with van der Waals surface area (Å²) < 4.78 is 38.8. The summed E-state index contributed by atoms with van der Waals surface area (Å²) in [4.78, 5) is 0. The fourth-order valence-electron chi connectivity index (χ4n) is 1.45. The molecule has 0 spiro atoms. The Morgan fingerprint density at radius 3 is 2.25 bits per heavy atom. The van der Waals surface area contributed by atoms with E-state index >= 15 is 0 Å². The molecule has 16 heavy (non-hydrogen) atoms. The SMILES string of the molecule is Cc1cc(C(F)(F)F)ccc1-n1cnnc1. The predicted octanol–water partition coefficient (Wildman–Crippen LogP) is 2.59. The summed E-state index contributed by atoms with van der Waals surface area (Å²) >= 11 is 0. The Hall–Kier alpha value is -1.85. The molecule has 0 fully saturated rings. The van der Waals surface area contributed by atoms with Crippen LogP contribution in [0.5, 0.6) is 0 Å². The zero-order chi connectivity index (χ0) is 11.8. The van der Waals surface area contributed by atoms with Crippen molar-refractivity contribution in [1.29, 1.82) is 0 Å². The van der Waals surface area contributed by atoms with Gasteiger partial charge in [0.2, 0.25) is 0 Å². The van der Waals surface area contributed by atoms with Crippen molar-refractivity contribution in [1.82, 2.24) is 14.8 Å². The molecule has 84 valence electrons. The van der Waals surface area contributed by atoms with Gasteiger partial charge in [0.05, 0.1) is 11.3 Å². The number of aromatic nitrogens is 3. The van der Waals surface area contributed by atoms with Gasteiger partial charge in [-0.1, -0.05) is 0 Å². The number of nitrogens with zero attached hydrogens (tertiary/aromatic N) is 3. The minimum absolute atomic E-state index is 0.523. The van der Waals surface area contributed by atoms with E-state index in [2.05, 4.69) is 10.2 Å². The molecule has 0 aliphatic carbocycles. The van der Waals surface area contributed by atoms with Gasteiger partial charge in [-0.2, -0.15) is 13.2 Å². The Bertz CT molecular complexity index is 489. The lowest BCUT2D eigenvalue weighted by Crippen LogP contribution is -2.06. The van der Waals surface area contributed by atoms with Crippen molar-refractivity contribution in [3.63, 3.8) is 0 Å². The van der Waals surface area contributed by atoms with Crippen LogP contribution in [0, 0.1) is 6.92 Å². The third kappa shape index (κ3) is 1.91. The van der Waals surface area contributed by atoms with E-state index in [1.54, 1.807) is 11.5 Å². The molecule has 0 aliphatic heterocycles. The van der Waals surface area contributed by atoms with Crippen molar-refractivity contribution >= 4 is 0 Å². The number of aryl methyl sites for hydroxylation is 1. The second-order valence-electron chi connectivity index (χ2n) is 3.37. The molecule has 0 saturated heterocycles. The van der Waals surface area contributed by atoms with E-state index in [4.69, 9.17) is 0 Å². The molecule has 0 unspecified atom stereocenters. The van der Waals surface area contributed by atoms with Crippen LogP contribution in [-0.4, -0.2) is 14.8 Å². The van der Waals surface area contributed by atoms with Crippen molar-refractivity contribution in [3.8, 4) is 5.69 Å². The number of hydrogen-bond acceptors (Lipinski definition) is 2. The Balaban J connectivity index is 2.46. The average Bonchev–Trinajstić information content (AvgIpc) is 2.69. The molecule has 1 heterocycles. The van der Waals surface area contributed by atoms with Gasteiger partial charge in [0, 0.05) is 0 Å². The first-order valence-electron chi connectivity index (χ1n) is 4.51. The average molecular weight is 227 g/mol. The van der Waals surface area contributed by atoms with Crippen LogP contribution in [0.15, 0.2) is 30.9 Å². The van der Waals surface area contributed by atoms with E-state index in [0.717, 1.165) is 12.1 Å². The van der Waals surface area contributed by atoms with Crippen molar-refractivity contribution in [3.05, 3.63) is 42.0 Å². The molecule has 0 saturated carbocycles. The topological polar surface area (TPSA) is 30.7 Å². The summed E-state index contributed by atoms with van der Waals surface area (Å²) in [5.41, 5.74) is 0.509. The second-order valence-corrected chi connectivity index (χ2v) is 3.37. The number of benzene rings is 1. The summed E-state index contributed by atoms with van der Waals surface area (Å²) in [5.74, 6) is 0. The van der Waals surface area contributed by atoms with Crippen molar-refractivity contribution < 1.29 is 13.2 Å². The van der Waals surface area contributed by atoms with Crippen LogP contribution in [0.3, 0.4) is 0 Å². The largest absolute Gasteiger partial charge is 0.416 e. The van der Waals surface area contributed by atoms with E-state index in [1.807, 2.05) is 0 Å². The van der Waals surface area contributed by atoms with Gasteiger partial charge in [-0.25, -0.2) is 0 Å². The molecule has 3 nitrogen and oxygen atoms in total. The van der Waals surface area contributed by atoms with Crippen LogP contribution in [-0.2, 0) is 6.18 Å². The summed E-state index contributed by atoms with van der Waals surface area (Å²) in [6.07, 6.45) is -1.43. The minimum Gasteiger partial charge on any atom is -0.288 e. The number of rotatable bonds is 1. The van der Waals surface area contributed by atoms with Crippen molar-refractivity contribution in [2.45, 2.75) is 13.1 Å². The van der Waals surface area contributed by atoms with Crippen molar-refractivity contribution in [2.75, 3.05) is 0 Å². The van der Waals surface area contributed by atoms with Crippen LogP contribution in [0.1, 0.15) is 11.1 Å². The number of alkyl halides is 3. The zero-order valence-corrected chi connectivity index (χ0v) is 8.36. The van der Waals surface area contributed by atoms with Gasteiger partial charge in [0.25, 0.3) is 0 Å². The molecule has 1 aromatic heterocycles. The molecule has 2 aromatic rings. The maximum atomic E-state index is 12.4. The Labute approximate surface area is 89.5 Å². The summed E-state index contributed by atoms with van der Waals surface area (Å²) in [6.45, 7) is 1.62. The lowest BCUT2D eigenvalue weighted by atomic mass is 10.1. The molecular weight excluding hydrogens is 219 g/mol. The highest BCUT2D eigenvalue weighted by molar-refractivity contribution is 5.43. The van der Waals surface area contributed by atoms with Gasteiger partial charge in [-0.05, 0) is 30.7 Å². The molecule has 0 atom stereocenters. The predicted molar refractivity (Wildman–Crippen MR) is 51.1 cm³/mol. The second kappa shape index (κ2) is 3.62. The minimum atomic E-state index is -4.31. The maximum Gasteiger partial charge on any atom is 0.416 e. The van der Waals surface area contributed by atoms with Gasteiger partial charge in [-0.15, -0.1) is 10.2 Å². The monoisotopic (exact) mass is 227 g/mol.